The molecule has 0 bridgehead atoms. The van der Waals surface area contributed by atoms with Crippen molar-refractivity contribution >= 4 is 49.1 Å². The number of nitro benzene ring substituents is 1. The SMILES string of the molecule is CC(Br)C(=O)Nc1cc([N+](=O)[O-])ccc1Br. The number of hydrogen-bond donors (Lipinski definition) is 1. The van der Waals surface area contributed by atoms with Crippen molar-refractivity contribution in [2.24, 2.45) is 0 Å². The van der Waals surface area contributed by atoms with Gasteiger partial charge in [0.2, 0.25) is 5.91 Å². The van der Waals surface area contributed by atoms with Crippen LogP contribution in [0.2, 0.25) is 0 Å². The van der Waals surface area contributed by atoms with Crippen molar-refractivity contribution in [3.63, 3.8) is 0 Å². The van der Waals surface area contributed by atoms with Crippen LogP contribution >= 0.6 is 31.9 Å². The summed E-state index contributed by atoms with van der Waals surface area (Å²) in [6.45, 7) is 1.67. The lowest BCUT2D eigenvalue weighted by atomic mass is 10.2. The fourth-order valence-corrected chi connectivity index (χ4v) is 1.42. The maximum absolute atomic E-state index is 11.4. The highest BCUT2D eigenvalue weighted by Crippen LogP contribution is 2.27. The van der Waals surface area contributed by atoms with Gasteiger partial charge in [0.25, 0.3) is 5.69 Å². The van der Waals surface area contributed by atoms with Gasteiger partial charge in [0.15, 0.2) is 0 Å². The quantitative estimate of drug-likeness (QED) is 0.516. The Labute approximate surface area is 109 Å². The molecule has 1 rings (SSSR count). The zero-order valence-electron chi connectivity index (χ0n) is 8.24. The van der Waals surface area contributed by atoms with E-state index in [0.717, 1.165) is 0 Å². The van der Waals surface area contributed by atoms with Gasteiger partial charge in [0.1, 0.15) is 0 Å². The highest BCUT2D eigenvalue weighted by Gasteiger charge is 2.14. The van der Waals surface area contributed by atoms with E-state index in [2.05, 4.69) is 37.2 Å². The van der Waals surface area contributed by atoms with Gasteiger partial charge in [0.05, 0.1) is 15.4 Å². The third-order valence-electron chi connectivity index (χ3n) is 1.78. The third-order valence-corrected chi connectivity index (χ3v) is 2.89. The number of rotatable bonds is 3. The van der Waals surface area contributed by atoms with Crippen LogP contribution in [-0.2, 0) is 4.79 Å². The Hall–Kier alpha value is -0.950. The van der Waals surface area contributed by atoms with Crippen LogP contribution < -0.4 is 5.32 Å². The second-order valence-electron chi connectivity index (χ2n) is 3.03. The smallest absolute Gasteiger partial charge is 0.271 e. The van der Waals surface area contributed by atoms with Crippen LogP contribution in [0.25, 0.3) is 0 Å². The Kier molecular flexibility index (Phi) is 4.43. The average Bonchev–Trinajstić information content (AvgIpc) is 2.20. The molecule has 5 nitrogen and oxygen atoms in total. The fraction of sp³-hybridized carbons (Fsp3) is 0.222. The number of benzene rings is 1. The van der Waals surface area contributed by atoms with Gasteiger partial charge < -0.3 is 5.32 Å². The third kappa shape index (κ3) is 3.28. The minimum absolute atomic E-state index is 0.0688. The topological polar surface area (TPSA) is 72.2 Å². The van der Waals surface area contributed by atoms with Crippen LogP contribution in [0.1, 0.15) is 6.92 Å². The molecule has 86 valence electrons. The maximum Gasteiger partial charge on any atom is 0.271 e. The van der Waals surface area contributed by atoms with Crippen molar-refractivity contribution < 1.29 is 9.72 Å². The van der Waals surface area contributed by atoms with E-state index in [-0.39, 0.29) is 16.4 Å². The van der Waals surface area contributed by atoms with Crippen LogP contribution in [0.3, 0.4) is 0 Å². The van der Waals surface area contributed by atoms with E-state index >= 15 is 0 Å². The number of nitro groups is 1. The van der Waals surface area contributed by atoms with Gasteiger partial charge in [-0.15, -0.1) is 0 Å². The van der Waals surface area contributed by atoms with Gasteiger partial charge in [-0.1, -0.05) is 15.9 Å². The van der Waals surface area contributed by atoms with Gasteiger partial charge >= 0.3 is 0 Å². The van der Waals surface area contributed by atoms with Crippen molar-refractivity contribution in [3.8, 4) is 0 Å². The zero-order valence-corrected chi connectivity index (χ0v) is 11.4. The number of alkyl halides is 1. The number of nitrogens with one attached hydrogen (secondary N) is 1. The van der Waals surface area contributed by atoms with E-state index in [9.17, 15) is 14.9 Å². The van der Waals surface area contributed by atoms with Crippen LogP contribution in [0.15, 0.2) is 22.7 Å². The van der Waals surface area contributed by atoms with Crippen molar-refractivity contribution in [2.75, 3.05) is 5.32 Å². The molecule has 1 amide bonds. The summed E-state index contributed by atoms with van der Waals surface area (Å²) in [4.78, 5) is 21.1. The summed E-state index contributed by atoms with van der Waals surface area (Å²) in [5.41, 5.74) is 0.311. The van der Waals surface area contributed by atoms with E-state index in [0.29, 0.717) is 10.2 Å². The predicted octanol–water partition coefficient (Wildman–Crippen LogP) is 3.08. The van der Waals surface area contributed by atoms with Crippen molar-refractivity contribution in [1.82, 2.24) is 0 Å². The number of carbonyl (C=O) groups excluding carboxylic acids is 1. The average molecular weight is 352 g/mol. The van der Waals surface area contributed by atoms with E-state index in [4.69, 9.17) is 0 Å². The van der Waals surface area contributed by atoms with Crippen LogP contribution in [-0.4, -0.2) is 15.7 Å². The molecule has 0 aliphatic rings. The van der Waals surface area contributed by atoms with Crippen LogP contribution in [0.5, 0.6) is 0 Å². The van der Waals surface area contributed by atoms with Gasteiger partial charge in [-0.25, -0.2) is 0 Å². The number of nitrogens with zero attached hydrogens (tertiary/aromatic N) is 1. The highest BCUT2D eigenvalue weighted by molar-refractivity contribution is 9.10. The molecule has 16 heavy (non-hydrogen) atoms. The van der Waals surface area contributed by atoms with E-state index in [1.165, 1.54) is 18.2 Å². The first-order valence-corrected chi connectivity index (χ1v) is 6.01. The summed E-state index contributed by atoms with van der Waals surface area (Å²) >= 11 is 6.31. The second kappa shape index (κ2) is 5.40. The maximum atomic E-state index is 11.4. The molecule has 1 N–H and O–H groups in total. The van der Waals surface area contributed by atoms with E-state index in [1.807, 2.05) is 0 Å². The second-order valence-corrected chi connectivity index (χ2v) is 5.25. The van der Waals surface area contributed by atoms with E-state index in [1.54, 1.807) is 6.92 Å². The first kappa shape index (κ1) is 13.1. The molecular weight excluding hydrogens is 344 g/mol. The molecular formula is C9H8Br2N2O3. The predicted molar refractivity (Wildman–Crippen MR) is 67.8 cm³/mol. The molecule has 0 radical (unpaired) electrons. The van der Waals surface area contributed by atoms with Crippen LogP contribution in [0.4, 0.5) is 11.4 Å². The first-order valence-electron chi connectivity index (χ1n) is 4.30. The molecule has 0 aliphatic heterocycles. The number of amides is 1. The monoisotopic (exact) mass is 350 g/mol. The van der Waals surface area contributed by atoms with Crippen molar-refractivity contribution in [3.05, 3.63) is 32.8 Å². The summed E-state index contributed by atoms with van der Waals surface area (Å²) in [5, 5.41) is 13.1. The lowest BCUT2D eigenvalue weighted by Gasteiger charge is -2.08. The molecule has 0 heterocycles. The van der Waals surface area contributed by atoms with Gasteiger partial charge in [0, 0.05) is 16.6 Å². The minimum atomic E-state index is -0.514. The number of halogens is 2. The van der Waals surface area contributed by atoms with E-state index < -0.39 is 4.92 Å². The Bertz CT molecular complexity index is 435. The summed E-state index contributed by atoms with van der Waals surface area (Å²) in [7, 11) is 0. The number of anilines is 1. The lowest BCUT2D eigenvalue weighted by Crippen LogP contribution is -2.20. The van der Waals surface area contributed by atoms with Gasteiger partial charge in [-0.2, -0.15) is 0 Å². The Morgan fingerprint density at radius 1 is 1.56 bits per heavy atom. The molecule has 0 fully saturated rings. The Balaban J connectivity index is 2.99. The lowest BCUT2D eigenvalue weighted by molar-refractivity contribution is -0.384. The molecule has 1 atom stereocenters. The van der Waals surface area contributed by atoms with Crippen molar-refractivity contribution in [2.45, 2.75) is 11.8 Å². The molecule has 0 saturated carbocycles. The zero-order chi connectivity index (χ0) is 12.3. The molecule has 0 aliphatic carbocycles. The summed E-state index contributed by atoms with van der Waals surface area (Å²) in [5.74, 6) is -0.263. The standard InChI is InChI=1S/C9H8Br2N2O3/c1-5(10)9(14)12-8-4-6(13(15)16)2-3-7(8)11/h2-5H,1H3,(H,12,14). The molecule has 0 aromatic heterocycles. The van der Waals surface area contributed by atoms with Gasteiger partial charge in [-0.3, -0.25) is 14.9 Å². The summed E-state index contributed by atoms with van der Waals surface area (Å²) in [6.07, 6.45) is 0. The van der Waals surface area contributed by atoms with Crippen molar-refractivity contribution in [1.29, 1.82) is 0 Å². The molecule has 1 aromatic carbocycles. The number of carbonyl (C=O) groups is 1. The summed E-state index contributed by atoms with van der Waals surface area (Å²) < 4.78 is 0.597. The summed E-state index contributed by atoms with van der Waals surface area (Å²) in [6, 6.07) is 4.18. The molecule has 0 spiro atoms. The Morgan fingerprint density at radius 3 is 2.69 bits per heavy atom. The normalized spacial score (nSPS) is 11.9. The number of hydrogen-bond acceptors (Lipinski definition) is 3. The molecule has 0 saturated heterocycles. The largest absolute Gasteiger partial charge is 0.324 e. The molecule has 7 heteroatoms. The fourth-order valence-electron chi connectivity index (χ4n) is 0.955. The highest BCUT2D eigenvalue weighted by atomic mass is 79.9. The van der Waals surface area contributed by atoms with Gasteiger partial charge in [-0.05, 0) is 28.9 Å². The molecule has 1 unspecified atom stereocenters. The molecule has 1 aromatic rings. The van der Waals surface area contributed by atoms with Crippen LogP contribution in [0, 0.1) is 10.1 Å². The minimum Gasteiger partial charge on any atom is -0.324 e. The Morgan fingerprint density at radius 2 is 2.19 bits per heavy atom. The number of non-ortho nitro benzene ring substituents is 1. The first-order chi connectivity index (χ1) is 7.41.